The zero-order valence-electron chi connectivity index (χ0n) is 11.1. The maximum absolute atomic E-state index is 9.40. The van der Waals surface area contributed by atoms with Gasteiger partial charge >= 0.3 is 0 Å². The molecule has 5 atom stereocenters. The van der Waals surface area contributed by atoms with Gasteiger partial charge in [0, 0.05) is 0 Å². The van der Waals surface area contributed by atoms with Gasteiger partial charge in [-0.05, 0) is 27.7 Å². The molecule has 3 heterocycles. The van der Waals surface area contributed by atoms with Gasteiger partial charge in [-0.3, -0.25) is 0 Å². The molecule has 0 aliphatic carbocycles. The van der Waals surface area contributed by atoms with Gasteiger partial charge in [-0.2, -0.15) is 0 Å². The molecule has 3 aliphatic heterocycles. The van der Waals surface area contributed by atoms with Crippen molar-refractivity contribution in [2.45, 2.75) is 70.0 Å². The first-order valence-electron chi connectivity index (χ1n) is 6.29. The molecule has 3 rings (SSSR count). The largest absolute Gasteiger partial charge is 0.394 e. The first-order valence-corrected chi connectivity index (χ1v) is 6.29. The van der Waals surface area contributed by atoms with Crippen molar-refractivity contribution in [1.29, 1.82) is 0 Å². The van der Waals surface area contributed by atoms with Crippen LogP contribution in [0.15, 0.2) is 0 Å². The lowest BCUT2D eigenvalue weighted by atomic mass is 9.99. The second kappa shape index (κ2) is 3.88. The molecular formula is C12H20O6. The van der Waals surface area contributed by atoms with Gasteiger partial charge in [0.2, 0.25) is 0 Å². The van der Waals surface area contributed by atoms with Crippen LogP contribution in [0.1, 0.15) is 27.7 Å². The lowest BCUT2D eigenvalue weighted by molar-refractivity contribution is -0.240. The Balaban J connectivity index is 1.86. The van der Waals surface area contributed by atoms with Crippen LogP contribution in [0.4, 0.5) is 0 Å². The van der Waals surface area contributed by atoms with Crippen LogP contribution >= 0.6 is 0 Å². The monoisotopic (exact) mass is 260 g/mol. The maximum atomic E-state index is 9.40. The molecule has 0 aromatic carbocycles. The molecule has 1 N–H and O–H groups in total. The van der Waals surface area contributed by atoms with Crippen molar-refractivity contribution in [1.82, 2.24) is 0 Å². The van der Waals surface area contributed by atoms with Crippen LogP contribution in [-0.4, -0.2) is 54.0 Å². The summed E-state index contributed by atoms with van der Waals surface area (Å²) in [5, 5.41) is 9.40. The summed E-state index contributed by atoms with van der Waals surface area (Å²) in [6.07, 6.45) is -1.90. The van der Waals surface area contributed by atoms with Gasteiger partial charge in [0.05, 0.1) is 6.61 Å². The highest BCUT2D eigenvalue weighted by Gasteiger charge is 2.60. The topological polar surface area (TPSA) is 66.4 Å². The molecule has 104 valence electrons. The van der Waals surface area contributed by atoms with Gasteiger partial charge in [-0.25, -0.2) is 0 Å². The fraction of sp³-hybridized carbons (Fsp3) is 1.00. The Kier molecular flexibility index (Phi) is 2.75. The summed E-state index contributed by atoms with van der Waals surface area (Å²) in [7, 11) is 0. The zero-order chi connectivity index (χ0) is 13.1. The maximum Gasteiger partial charge on any atom is 0.190 e. The number of hydrogen-bond acceptors (Lipinski definition) is 6. The van der Waals surface area contributed by atoms with Crippen LogP contribution < -0.4 is 0 Å². The number of aliphatic hydroxyl groups excluding tert-OH is 1. The Bertz CT molecular complexity index is 341. The van der Waals surface area contributed by atoms with Gasteiger partial charge in [0.25, 0.3) is 0 Å². The molecule has 0 radical (unpaired) electrons. The summed E-state index contributed by atoms with van der Waals surface area (Å²) in [5.41, 5.74) is 0. The standard InChI is InChI=1S/C12H20O6/c1-11(2)15-7-6(5-13)14-10-9(8(7)16-11)17-12(3,4)18-10/h6-10,13H,5H2,1-4H3/t6-,7+,8-,9-,10-/m1/s1. The minimum absolute atomic E-state index is 0.131. The third-order valence-electron chi connectivity index (χ3n) is 3.43. The number of hydrogen-bond donors (Lipinski definition) is 1. The molecule has 0 saturated carbocycles. The van der Waals surface area contributed by atoms with E-state index < -0.39 is 24.0 Å². The zero-order valence-corrected chi connectivity index (χ0v) is 11.1. The van der Waals surface area contributed by atoms with E-state index >= 15 is 0 Å². The van der Waals surface area contributed by atoms with Crippen LogP contribution in [0.3, 0.4) is 0 Å². The highest BCUT2D eigenvalue weighted by Crippen LogP contribution is 2.43. The predicted octanol–water partition coefficient (Wildman–Crippen LogP) is 0.375. The molecule has 3 fully saturated rings. The molecule has 0 amide bonds. The Hall–Kier alpha value is -0.240. The molecule has 0 bridgehead atoms. The third kappa shape index (κ3) is 1.97. The summed E-state index contributed by atoms with van der Waals surface area (Å²) in [6.45, 7) is 7.22. The van der Waals surface area contributed by atoms with E-state index in [1.165, 1.54) is 0 Å². The highest BCUT2D eigenvalue weighted by atomic mass is 16.9. The summed E-state index contributed by atoms with van der Waals surface area (Å²) in [4.78, 5) is 0. The summed E-state index contributed by atoms with van der Waals surface area (Å²) >= 11 is 0. The first kappa shape index (κ1) is 12.8. The Labute approximate surface area is 106 Å². The smallest absolute Gasteiger partial charge is 0.190 e. The molecule has 6 nitrogen and oxygen atoms in total. The van der Waals surface area contributed by atoms with E-state index in [0.717, 1.165) is 0 Å². The van der Waals surface area contributed by atoms with E-state index in [-0.39, 0.29) is 24.9 Å². The number of rotatable bonds is 1. The van der Waals surface area contributed by atoms with Crippen LogP contribution in [-0.2, 0) is 23.7 Å². The van der Waals surface area contributed by atoms with Gasteiger partial charge in [-0.15, -0.1) is 0 Å². The third-order valence-corrected chi connectivity index (χ3v) is 3.43. The molecule has 3 saturated heterocycles. The van der Waals surface area contributed by atoms with Crippen LogP contribution in [0, 0.1) is 0 Å². The Morgan fingerprint density at radius 3 is 2.06 bits per heavy atom. The lowest BCUT2D eigenvalue weighted by Crippen LogP contribution is -2.56. The summed E-state index contributed by atoms with van der Waals surface area (Å²) in [6, 6.07) is 0. The van der Waals surface area contributed by atoms with Crippen molar-refractivity contribution in [3.63, 3.8) is 0 Å². The van der Waals surface area contributed by atoms with E-state index in [1.807, 2.05) is 27.7 Å². The van der Waals surface area contributed by atoms with Crippen molar-refractivity contribution in [2.24, 2.45) is 0 Å². The minimum atomic E-state index is -0.708. The SMILES string of the molecule is CC1(C)O[C@@H]2[C@@H](O1)[C@@H](CO)O[C@@H]1OC(C)(C)O[C@@H]12. The number of fused-ring (bicyclic) bond motifs is 3. The molecule has 6 heteroatoms. The van der Waals surface area contributed by atoms with Crippen LogP contribution in [0.2, 0.25) is 0 Å². The van der Waals surface area contributed by atoms with E-state index in [0.29, 0.717) is 0 Å². The van der Waals surface area contributed by atoms with Crippen molar-refractivity contribution < 1.29 is 28.8 Å². The molecule has 18 heavy (non-hydrogen) atoms. The van der Waals surface area contributed by atoms with E-state index in [9.17, 15) is 5.11 Å². The molecule has 0 aromatic rings. The number of aliphatic hydroxyl groups is 1. The van der Waals surface area contributed by atoms with E-state index in [2.05, 4.69) is 0 Å². The van der Waals surface area contributed by atoms with Crippen molar-refractivity contribution >= 4 is 0 Å². The second-order valence-electron chi connectivity index (χ2n) is 5.89. The van der Waals surface area contributed by atoms with Gasteiger partial charge < -0.3 is 28.8 Å². The fourth-order valence-corrected chi connectivity index (χ4v) is 2.84. The summed E-state index contributed by atoms with van der Waals surface area (Å²) in [5.74, 6) is -1.41. The lowest BCUT2D eigenvalue weighted by Gasteiger charge is -2.36. The predicted molar refractivity (Wildman–Crippen MR) is 59.6 cm³/mol. The minimum Gasteiger partial charge on any atom is -0.394 e. The molecule has 0 spiro atoms. The van der Waals surface area contributed by atoms with Crippen LogP contribution in [0.25, 0.3) is 0 Å². The van der Waals surface area contributed by atoms with Gasteiger partial charge in [0.15, 0.2) is 17.9 Å². The second-order valence-corrected chi connectivity index (χ2v) is 5.89. The molecule has 0 unspecified atom stereocenters. The average molecular weight is 260 g/mol. The van der Waals surface area contributed by atoms with E-state index in [1.54, 1.807) is 0 Å². The molecule has 3 aliphatic rings. The Morgan fingerprint density at radius 1 is 0.833 bits per heavy atom. The van der Waals surface area contributed by atoms with Crippen molar-refractivity contribution in [3.05, 3.63) is 0 Å². The fourth-order valence-electron chi connectivity index (χ4n) is 2.84. The quantitative estimate of drug-likeness (QED) is 0.735. The van der Waals surface area contributed by atoms with Gasteiger partial charge in [0.1, 0.15) is 24.4 Å². The average Bonchev–Trinajstić information content (AvgIpc) is 2.71. The Morgan fingerprint density at radius 2 is 1.39 bits per heavy atom. The molecular weight excluding hydrogens is 240 g/mol. The molecule has 0 aromatic heterocycles. The first-order chi connectivity index (χ1) is 8.31. The van der Waals surface area contributed by atoms with Gasteiger partial charge in [-0.1, -0.05) is 0 Å². The van der Waals surface area contributed by atoms with Crippen molar-refractivity contribution in [3.8, 4) is 0 Å². The highest BCUT2D eigenvalue weighted by molar-refractivity contribution is 4.99. The van der Waals surface area contributed by atoms with Crippen molar-refractivity contribution in [2.75, 3.05) is 6.61 Å². The normalized spacial score (nSPS) is 48.8. The number of ether oxygens (including phenoxy) is 5. The summed E-state index contributed by atoms with van der Waals surface area (Å²) < 4.78 is 28.9. The van der Waals surface area contributed by atoms with Crippen LogP contribution in [0.5, 0.6) is 0 Å². The van der Waals surface area contributed by atoms with E-state index in [4.69, 9.17) is 23.7 Å².